The van der Waals surface area contributed by atoms with E-state index < -0.39 is 116 Å². The summed E-state index contributed by atoms with van der Waals surface area (Å²) in [5.74, 6) is -3.70. The third kappa shape index (κ3) is 19.0. The molecule has 0 bridgehead atoms. The molecule has 2 aliphatic heterocycles. The standard InChI is InChI=1S/C25H27F6N3O7S.C20H19F6N3O5S/c1-23(2,3)41-22(36)33-12-13-34(42(37,38)19-10-8-18(9-11-19)40-25(29,30)31)20(15-33)21(35)32-14-16-4-6-17(7-5-16)39-24(26,27)28;21-19(22,23)33-14-3-1-13(2-4-14)11-28-18(30)17-12-27-9-10-29(17)35(31,32)16-7-5-15(6-8-16)34-20(24,25)26/h4-11,20H,12-15H2,1-3H3,(H,32,35);1-8,17,27H,9-12H2,(H,28,30)/t20-;17-/m11/s1. The highest BCUT2D eigenvalue weighted by atomic mass is 32.2. The molecule has 2 saturated heterocycles. The highest BCUT2D eigenvalue weighted by Gasteiger charge is 2.43. The second-order valence-corrected chi connectivity index (χ2v) is 21.0. The molecule has 6 rings (SSSR count). The number of amides is 3. The lowest BCUT2D eigenvalue weighted by atomic mass is 10.1. The Labute approximate surface area is 431 Å². The Hall–Kier alpha value is -6.77. The van der Waals surface area contributed by atoms with Crippen molar-refractivity contribution in [2.75, 3.05) is 39.3 Å². The molecule has 4 aromatic rings. The van der Waals surface area contributed by atoms with Gasteiger partial charge in [-0.2, -0.15) is 8.61 Å². The summed E-state index contributed by atoms with van der Waals surface area (Å²) in [5, 5.41) is 7.93. The molecule has 77 heavy (non-hydrogen) atoms. The quantitative estimate of drug-likeness (QED) is 0.107. The van der Waals surface area contributed by atoms with Crippen LogP contribution >= 0.6 is 0 Å². The van der Waals surface area contributed by atoms with Crippen molar-refractivity contribution < 1.29 is 108 Å². The smallest absolute Gasteiger partial charge is 0.444 e. The monoisotopic (exact) mass is 1150 g/mol. The van der Waals surface area contributed by atoms with E-state index in [0.717, 1.165) is 86.3 Å². The Morgan fingerprint density at radius 2 is 0.857 bits per heavy atom. The molecule has 0 radical (unpaired) electrons. The maximum absolute atomic E-state index is 13.5. The fourth-order valence-corrected chi connectivity index (χ4v) is 10.2. The van der Waals surface area contributed by atoms with Gasteiger partial charge in [0.15, 0.2) is 0 Å². The van der Waals surface area contributed by atoms with Gasteiger partial charge in [-0.05, 0) is 105 Å². The average molecular weight is 1160 g/mol. The lowest BCUT2D eigenvalue weighted by Crippen LogP contribution is -2.61. The molecule has 424 valence electrons. The largest absolute Gasteiger partial charge is 0.573 e. The van der Waals surface area contributed by atoms with Crippen molar-refractivity contribution in [2.24, 2.45) is 0 Å². The number of piperazine rings is 2. The molecular weight excluding hydrogens is 1110 g/mol. The topological polar surface area (TPSA) is 211 Å². The molecule has 18 nitrogen and oxygen atoms in total. The molecule has 0 spiro atoms. The second-order valence-electron chi connectivity index (χ2n) is 17.3. The van der Waals surface area contributed by atoms with Crippen molar-refractivity contribution in [3.05, 3.63) is 108 Å². The van der Waals surface area contributed by atoms with Crippen molar-refractivity contribution in [1.82, 2.24) is 29.5 Å². The summed E-state index contributed by atoms with van der Waals surface area (Å²) in [6.07, 6.45) is -20.5. The number of rotatable bonds is 14. The van der Waals surface area contributed by atoms with Gasteiger partial charge in [0.1, 0.15) is 40.7 Å². The van der Waals surface area contributed by atoms with Crippen molar-refractivity contribution in [1.29, 1.82) is 0 Å². The number of benzene rings is 4. The zero-order valence-corrected chi connectivity index (χ0v) is 41.8. The summed E-state index contributed by atoms with van der Waals surface area (Å²) in [7, 11) is -8.72. The number of nitrogens with one attached hydrogen (secondary N) is 3. The van der Waals surface area contributed by atoms with Crippen molar-refractivity contribution >= 4 is 38.0 Å². The molecule has 3 N–H and O–H groups in total. The second kappa shape index (κ2) is 24.3. The van der Waals surface area contributed by atoms with Crippen LogP contribution in [0.25, 0.3) is 0 Å². The number of halogens is 12. The fourth-order valence-electron chi connectivity index (χ4n) is 7.09. The van der Waals surface area contributed by atoms with Gasteiger partial charge in [0, 0.05) is 52.4 Å². The van der Waals surface area contributed by atoms with Gasteiger partial charge >= 0.3 is 31.5 Å². The predicted molar refractivity (Wildman–Crippen MR) is 242 cm³/mol. The SMILES string of the molecule is CC(C)(C)OC(=O)N1CCN(S(=O)(=O)c2ccc(OC(F)(F)F)cc2)[C@@H](C(=O)NCc2ccc(OC(F)(F)F)cc2)C1.O=C(NCc1ccc(OC(F)(F)F)cc1)[C@H]1CNCCN1S(=O)(=O)c1ccc(OC(F)(F)F)cc1. The fraction of sp³-hybridized carbons (Fsp3) is 0.400. The molecule has 32 heteroatoms. The van der Waals surface area contributed by atoms with Gasteiger partial charge in [0.05, 0.1) is 9.79 Å². The van der Waals surface area contributed by atoms with Gasteiger partial charge in [-0.25, -0.2) is 21.6 Å². The lowest BCUT2D eigenvalue weighted by Gasteiger charge is -2.39. The predicted octanol–water partition coefficient (Wildman–Crippen LogP) is 7.17. The summed E-state index contributed by atoms with van der Waals surface area (Å²) in [6.45, 7) is 3.73. The maximum Gasteiger partial charge on any atom is 0.573 e. The Morgan fingerprint density at radius 3 is 1.21 bits per heavy atom. The van der Waals surface area contributed by atoms with Crippen LogP contribution in [-0.2, 0) is 47.5 Å². The summed E-state index contributed by atoms with van der Waals surface area (Å²) in [5.41, 5.74) is -0.0982. The molecular formula is C45H46F12N6O12S2. The van der Waals surface area contributed by atoms with Crippen LogP contribution in [0, 0.1) is 0 Å². The van der Waals surface area contributed by atoms with Gasteiger partial charge in [0.25, 0.3) is 0 Å². The molecule has 3 amide bonds. The molecule has 2 fully saturated rings. The number of hydrogen-bond acceptors (Lipinski definition) is 13. The van der Waals surface area contributed by atoms with Crippen LogP contribution < -0.4 is 34.9 Å². The molecule has 4 aromatic carbocycles. The normalized spacial score (nSPS) is 17.3. The lowest BCUT2D eigenvalue weighted by molar-refractivity contribution is -0.275. The molecule has 2 heterocycles. The van der Waals surface area contributed by atoms with E-state index in [1.165, 1.54) is 24.3 Å². The zero-order chi connectivity index (χ0) is 57.4. The number of hydrogen-bond donors (Lipinski definition) is 3. The summed E-state index contributed by atoms with van der Waals surface area (Å²) in [6, 6.07) is 13.6. The van der Waals surface area contributed by atoms with E-state index in [2.05, 4.69) is 34.9 Å². The van der Waals surface area contributed by atoms with Crippen molar-refractivity contribution in [2.45, 2.75) is 86.8 Å². The van der Waals surface area contributed by atoms with E-state index in [0.29, 0.717) is 11.1 Å². The molecule has 2 atom stereocenters. The molecule has 0 aliphatic carbocycles. The maximum atomic E-state index is 13.5. The number of carbonyl (C=O) groups is 3. The summed E-state index contributed by atoms with van der Waals surface area (Å²) in [4.78, 5) is 39.1. The van der Waals surface area contributed by atoms with Crippen LogP contribution in [0.1, 0.15) is 31.9 Å². The first-order chi connectivity index (χ1) is 35.5. The van der Waals surface area contributed by atoms with E-state index in [1.54, 1.807) is 20.8 Å². The van der Waals surface area contributed by atoms with Gasteiger partial charge < -0.3 is 44.5 Å². The van der Waals surface area contributed by atoms with Crippen LogP contribution in [-0.4, -0.2) is 131 Å². The minimum Gasteiger partial charge on any atom is -0.444 e. The van der Waals surface area contributed by atoms with E-state index in [4.69, 9.17) is 4.74 Å². The van der Waals surface area contributed by atoms with Crippen LogP contribution in [0.5, 0.6) is 23.0 Å². The molecule has 0 aromatic heterocycles. The number of carbonyl (C=O) groups excluding carboxylic acids is 3. The number of ether oxygens (including phenoxy) is 5. The van der Waals surface area contributed by atoms with Crippen LogP contribution in [0.3, 0.4) is 0 Å². The third-order valence-corrected chi connectivity index (χ3v) is 14.2. The van der Waals surface area contributed by atoms with Gasteiger partial charge in [-0.15, -0.1) is 52.7 Å². The first-order valence-corrected chi connectivity index (χ1v) is 25.0. The number of alkyl halides is 12. The summed E-state index contributed by atoms with van der Waals surface area (Å²) >= 11 is 0. The first-order valence-electron chi connectivity index (χ1n) is 22.2. The number of nitrogens with zero attached hydrogens (tertiary/aromatic N) is 3. The molecule has 2 aliphatic rings. The Bertz CT molecular complexity index is 2870. The van der Waals surface area contributed by atoms with E-state index in [9.17, 15) is 83.9 Å². The van der Waals surface area contributed by atoms with Gasteiger partial charge in [0.2, 0.25) is 31.9 Å². The highest BCUT2D eigenvalue weighted by Crippen LogP contribution is 2.30. The number of sulfonamides is 2. The van der Waals surface area contributed by atoms with Gasteiger partial charge in [-0.1, -0.05) is 24.3 Å². The third-order valence-electron chi connectivity index (χ3n) is 10.4. The minimum atomic E-state index is -4.99. The Balaban J connectivity index is 0.000000289. The molecule has 0 saturated carbocycles. The van der Waals surface area contributed by atoms with E-state index in [-0.39, 0.29) is 50.7 Å². The van der Waals surface area contributed by atoms with Crippen molar-refractivity contribution in [3.63, 3.8) is 0 Å². The average Bonchev–Trinajstić information content (AvgIpc) is 3.31. The highest BCUT2D eigenvalue weighted by molar-refractivity contribution is 7.89. The molecule has 0 unspecified atom stereocenters. The van der Waals surface area contributed by atoms with Crippen LogP contribution in [0.2, 0.25) is 0 Å². The first kappa shape index (κ1) is 61.1. The Morgan fingerprint density at radius 1 is 0.519 bits per heavy atom. The van der Waals surface area contributed by atoms with E-state index >= 15 is 0 Å². The summed E-state index contributed by atoms with van der Waals surface area (Å²) < 4.78 is 224. The Kier molecular flexibility index (Phi) is 19.3. The van der Waals surface area contributed by atoms with Gasteiger partial charge in [-0.3, -0.25) is 9.59 Å². The van der Waals surface area contributed by atoms with Crippen LogP contribution in [0.4, 0.5) is 57.5 Å². The van der Waals surface area contributed by atoms with Crippen molar-refractivity contribution in [3.8, 4) is 23.0 Å². The zero-order valence-electron chi connectivity index (χ0n) is 40.1. The van der Waals surface area contributed by atoms with Crippen LogP contribution in [0.15, 0.2) is 107 Å². The minimum absolute atomic E-state index is 0.0291. The van der Waals surface area contributed by atoms with E-state index in [1.807, 2.05) is 0 Å².